The number of nitrogens with one attached hydrogen (secondary N) is 2. The third kappa shape index (κ3) is 3.53. The van der Waals surface area contributed by atoms with E-state index in [0.29, 0.717) is 28.0 Å². The number of benzene rings is 2. The van der Waals surface area contributed by atoms with Gasteiger partial charge < -0.3 is 19.9 Å². The number of H-pyrrole nitrogens is 1. The van der Waals surface area contributed by atoms with E-state index in [1.165, 1.54) is 26.1 Å². The maximum Gasteiger partial charge on any atom is 0.327 e. The minimum Gasteiger partial charge on any atom is -0.496 e. The molecule has 6 rings (SSSR count). The molecule has 1 aliphatic heterocycles. The Labute approximate surface area is 236 Å². The average Bonchev–Trinajstić information content (AvgIpc) is 3.47. The van der Waals surface area contributed by atoms with E-state index in [1.54, 1.807) is 42.6 Å². The van der Waals surface area contributed by atoms with E-state index >= 15 is 0 Å². The van der Waals surface area contributed by atoms with Crippen molar-refractivity contribution in [2.24, 2.45) is 0 Å². The molecule has 2 aliphatic carbocycles. The van der Waals surface area contributed by atoms with Gasteiger partial charge in [-0.1, -0.05) is 24.3 Å². The van der Waals surface area contributed by atoms with Crippen LogP contribution in [-0.4, -0.2) is 77.5 Å². The third-order valence-electron chi connectivity index (χ3n) is 8.44. The van der Waals surface area contributed by atoms with Gasteiger partial charge in [0.05, 0.1) is 18.4 Å². The molecule has 1 fully saturated rings. The van der Waals surface area contributed by atoms with Gasteiger partial charge >= 0.3 is 6.03 Å². The van der Waals surface area contributed by atoms with Gasteiger partial charge in [-0.2, -0.15) is 0 Å². The number of hydrogen-bond acceptors (Lipinski definition) is 6. The van der Waals surface area contributed by atoms with Crippen LogP contribution in [0.25, 0.3) is 5.57 Å². The van der Waals surface area contributed by atoms with Crippen molar-refractivity contribution >= 4 is 35.0 Å². The van der Waals surface area contributed by atoms with Crippen LogP contribution in [0, 0.1) is 6.92 Å². The predicted octanol–water partition coefficient (Wildman–Crippen LogP) is 2.96. The highest BCUT2D eigenvalue weighted by atomic mass is 16.5. The fourth-order valence-corrected chi connectivity index (χ4v) is 6.38. The molecule has 0 radical (unpaired) electrons. The van der Waals surface area contributed by atoms with E-state index in [1.807, 2.05) is 13.0 Å². The number of ketones is 2. The number of aromatic nitrogens is 1. The molecule has 3 aromatic rings. The van der Waals surface area contributed by atoms with E-state index in [4.69, 9.17) is 4.74 Å². The second-order valence-corrected chi connectivity index (χ2v) is 10.5. The molecule has 2 N–H and O–H groups in total. The van der Waals surface area contributed by atoms with Crippen molar-refractivity contribution in [3.63, 3.8) is 0 Å². The lowest BCUT2D eigenvalue weighted by atomic mass is 9.65. The van der Waals surface area contributed by atoms with E-state index in [2.05, 4.69) is 10.3 Å². The maximum atomic E-state index is 14.5. The topological polar surface area (TPSA) is 129 Å². The molecule has 10 heteroatoms. The molecule has 1 unspecified atom stereocenters. The number of Topliss-reactive ketones (excluding diaryl/α,β-unsaturated/α-hetero) is 2. The van der Waals surface area contributed by atoms with Crippen LogP contribution in [0.1, 0.15) is 53.5 Å². The Morgan fingerprint density at radius 1 is 1.02 bits per heavy atom. The lowest BCUT2D eigenvalue weighted by molar-refractivity contribution is -0.130. The average molecular weight is 553 g/mol. The van der Waals surface area contributed by atoms with Crippen molar-refractivity contribution in [3.8, 4) is 5.75 Å². The molecule has 1 aromatic heterocycles. The van der Waals surface area contributed by atoms with Gasteiger partial charge in [-0.3, -0.25) is 24.1 Å². The van der Waals surface area contributed by atoms with E-state index in [0.717, 1.165) is 10.5 Å². The molecule has 2 heterocycles. The number of rotatable bonds is 5. The third-order valence-corrected chi connectivity index (χ3v) is 8.44. The number of imide groups is 1. The Bertz CT molecular complexity index is 1720. The largest absolute Gasteiger partial charge is 0.496 e. The minimum atomic E-state index is -1.71. The highest BCUT2D eigenvalue weighted by molar-refractivity contribution is 6.43. The number of amides is 4. The Kier molecular flexibility index (Phi) is 5.95. The number of hydrogen-bond donors (Lipinski definition) is 2. The van der Waals surface area contributed by atoms with Crippen LogP contribution >= 0.6 is 0 Å². The quantitative estimate of drug-likeness (QED) is 0.469. The van der Waals surface area contributed by atoms with Gasteiger partial charge in [0.15, 0.2) is 11.3 Å². The summed E-state index contributed by atoms with van der Waals surface area (Å²) in [7, 11) is 4.35. The molecule has 2 aromatic carbocycles. The predicted molar refractivity (Wildman–Crippen MR) is 149 cm³/mol. The normalized spacial score (nSPS) is 19.5. The van der Waals surface area contributed by atoms with E-state index in [-0.39, 0.29) is 47.7 Å². The van der Waals surface area contributed by atoms with Crippen LogP contribution < -0.4 is 10.1 Å². The molecule has 41 heavy (non-hydrogen) atoms. The first-order valence-electron chi connectivity index (χ1n) is 13.2. The number of ether oxygens (including phenoxy) is 1. The lowest BCUT2D eigenvalue weighted by Crippen LogP contribution is -2.56. The fraction of sp³-hybridized carbons (Fsp3) is 0.258. The zero-order valence-corrected chi connectivity index (χ0v) is 23.1. The molecular weight excluding hydrogens is 524 g/mol. The van der Waals surface area contributed by atoms with Crippen molar-refractivity contribution in [2.75, 3.05) is 27.7 Å². The smallest absolute Gasteiger partial charge is 0.327 e. The number of methoxy groups -OCH3 is 1. The molecule has 208 valence electrons. The van der Waals surface area contributed by atoms with Crippen LogP contribution in [0.4, 0.5) is 4.79 Å². The molecule has 1 atom stereocenters. The Morgan fingerprint density at radius 2 is 1.76 bits per heavy atom. The second-order valence-electron chi connectivity index (χ2n) is 10.5. The Morgan fingerprint density at radius 3 is 2.41 bits per heavy atom. The SMILES string of the molecule is COc1ccc(C)c2c1CC1(C(=O)N(C)C(=O)N1C)C1=C2C(=O)c2[nH]cc(CCNC(=O)c3ccccc3)c2C1=O. The Hall–Kier alpha value is -4.99. The van der Waals surface area contributed by atoms with Crippen LogP contribution in [0.15, 0.2) is 54.2 Å². The van der Waals surface area contributed by atoms with Gasteiger partial charge in [0.2, 0.25) is 5.78 Å². The summed E-state index contributed by atoms with van der Waals surface area (Å²) in [4.78, 5) is 73.5. The molecule has 0 saturated carbocycles. The van der Waals surface area contributed by atoms with Crippen LogP contribution in [0.2, 0.25) is 0 Å². The summed E-state index contributed by atoms with van der Waals surface area (Å²) in [6.07, 6.45) is 1.85. The monoisotopic (exact) mass is 552 g/mol. The number of fused-ring (bicyclic) bond motifs is 4. The number of carbonyl (C=O) groups excluding carboxylic acids is 5. The number of allylic oxidation sites excluding steroid dienone is 1. The number of aromatic amines is 1. The van der Waals surface area contributed by atoms with Crippen molar-refractivity contribution in [1.29, 1.82) is 0 Å². The summed E-state index contributed by atoms with van der Waals surface area (Å²) in [5.41, 5.74) is 1.60. The number of likely N-dealkylation sites (N-methyl/N-ethyl adjacent to an activating group) is 2. The zero-order chi connectivity index (χ0) is 29.2. The van der Waals surface area contributed by atoms with Crippen LogP contribution in [0.5, 0.6) is 5.75 Å². The van der Waals surface area contributed by atoms with Gasteiger partial charge in [0.25, 0.3) is 11.8 Å². The highest BCUT2D eigenvalue weighted by Gasteiger charge is 2.63. The van der Waals surface area contributed by atoms with Crippen molar-refractivity contribution in [2.45, 2.75) is 25.3 Å². The van der Waals surface area contributed by atoms with Gasteiger partial charge in [0.1, 0.15) is 5.75 Å². The Balaban J connectivity index is 1.47. The summed E-state index contributed by atoms with van der Waals surface area (Å²) in [5.74, 6) is -1.30. The molecular formula is C31H28N4O6. The van der Waals surface area contributed by atoms with Crippen molar-refractivity contribution in [3.05, 3.63) is 93.3 Å². The van der Waals surface area contributed by atoms with E-state index in [9.17, 15) is 24.0 Å². The first-order chi connectivity index (χ1) is 19.6. The number of carbonyl (C=O) groups is 5. The summed E-state index contributed by atoms with van der Waals surface area (Å²) in [6.45, 7) is 2.05. The van der Waals surface area contributed by atoms with Crippen LogP contribution in [-0.2, 0) is 17.6 Å². The van der Waals surface area contributed by atoms with Crippen LogP contribution in [0.3, 0.4) is 0 Å². The van der Waals surface area contributed by atoms with Crippen molar-refractivity contribution in [1.82, 2.24) is 20.1 Å². The molecule has 1 saturated heterocycles. The first kappa shape index (κ1) is 26.2. The van der Waals surface area contributed by atoms with Gasteiger partial charge in [-0.25, -0.2) is 4.79 Å². The fourth-order valence-electron chi connectivity index (χ4n) is 6.38. The molecule has 3 aliphatic rings. The summed E-state index contributed by atoms with van der Waals surface area (Å²) in [5, 5.41) is 2.85. The molecule has 10 nitrogen and oxygen atoms in total. The van der Waals surface area contributed by atoms with Gasteiger partial charge in [-0.05, 0) is 48.2 Å². The lowest BCUT2D eigenvalue weighted by Gasteiger charge is -2.42. The number of urea groups is 1. The highest BCUT2D eigenvalue weighted by Crippen LogP contribution is 2.51. The maximum absolute atomic E-state index is 14.5. The minimum absolute atomic E-state index is 0.00164. The molecule has 4 amide bonds. The van der Waals surface area contributed by atoms with Gasteiger partial charge in [-0.15, -0.1) is 0 Å². The first-order valence-corrected chi connectivity index (χ1v) is 13.2. The summed E-state index contributed by atoms with van der Waals surface area (Å²) < 4.78 is 5.62. The second kappa shape index (κ2) is 9.29. The summed E-state index contributed by atoms with van der Waals surface area (Å²) >= 11 is 0. The molecule has 1 spiro atoms. The van der Waals surface area contributed by atoms with Gasteiger partial charge in [0, 0.05) is 55.5 Å². The molecule has 0 bridgehead atoms. The summed E-state index contributed by atoms with van der Waals surface area (Å²) in [6, 6.07) is 11.8. The standard InChI is InChI=1S/C31H28N4O6/c1-16-10-11-20(41-4)19-14-31(29(39)34(2)30(40)35(31)3)24-23(21(16)19)27(37)25-22(26(24)36)18(15-33-25)12-13-32-28(38)17-8-6-5-7-9-17/h5-11,15,33H,12-14H2,1-4H3,(H,32,38). The van der Waals surface area contributed by atoms with Crippen molar-refractivity contribution < 1.29 is 28.7 Å². The van der Waals surface area contributed by atoms with E-state index < -0.39 is 29.0 Å². The number of nitrogens with zero attached hydrogens (tertiary/aromatic N) is 2. The number of aryl methyl sites for hydroxylation is 1. The zero-order valence-electron chi connectivity index (χ0n) is 23.1.